The van der Waals surface area contributed by atoms with Gasteiger partial charge < -0.3 is 14.7 Å². The van der Waals surface area contributed by atoms with Gasteiger partial charge >= 0.3 is 6.03 Å². The van der Waals surface area contributed by atoms with Crippen molar-refractivity contribution in [2.45, 2.75) is 12.5 Å². The Bertz CT molecular complexity index is 317. The molecule has 0 unspecified atom stereocenters. The van der Waals surface area contributed by atoms with E-state index in [4.69, 9.17) is 9.57 Å². The predicted molar refractivity (Wildman–Crippen MR) is 66.8 cm³/mol. The van der Waals surface area contributed by atoms with Crippen molar-refractivity contribution >= 4 is 6.03 Å². The molecule has 0 spiro atoms. The number of hydrogen-bond donors (Lipinski definition) is 2. The highest BCUT2D eigenvalue weighted by atomic mass is 16.7. The fraction of sp³-hybridized carbons (Fsp3) is 0.583. The summed E-state index contributed by atoms with van der Waals surface area (Å²) < 4.78 is 5.04. The standard InChI is InChI=1S/C12H20N2O4/c1-3-6-18-13-12(16)14-5-4-10(9-17-2)7-11(14)8-15/h3,7,11,15H,1,4-6,8-9H2,2H3,(H,13,16)/t11-/m0/s1. The lowest BCUT2D eigenvalue weighted by molar-refractivity contribution is 0.0546. The van der Waals surface area contributed by atoms with E-state index < -0.39 is 0 Å². The molecule has 1 rings (SSSR count). The maximum Gasteiger partial charge on any atom is 0.341 e. The Morgan fingerprint density at radius 1 is 1.78 bits per heavy atom. The summed E-state index contributed by atoms with van der Waals surface area (Å²) in [5.74, 6) is 0. The van der Waals surface area contributed by atoms with Crippen LogP contribution in [0.5, 0.6) is 0 Å². The summed E-state index contributed by atoms with van der Waals surface area (Å²) >= 11 is 0. The lowest BCUT2D eigenvalue weighted by Crippen LogP contribution is -2.49. The summed E-state index contributed by atoms with van der Waals surface area (Å²) in [6.45, 7) is 4.66. The summed E-state index contributed by atoms with van der Waals surface area (Å²) in [7, 11) is 1.62. The van der Waals surface area contributed by atoms with Gasteiger partial charge in [0, 0.05) is 13.7 Å². The number of carbonyl (C=O) groups excluding carboxylic acids is 1. The minimum Gasteiger partial charge on any atom is -0.394 e. The highest BCUT2D eigenvalue weighted by molar-refractivity contribution is 5.74. The Hall–Kier alpha value is -1.37. The molecule has 18 heavy (non-hydrogen) atoms. The average Bonchev–Trinajstić information content (AvgIpc) is 2.39. The van der Waals surface area contributed by atoms with Gasteiger partial charge in [0.05, 0.1) is 25.9 Å². The topological polar surface area (TPSA) is 71.0 Å². The van der Waals surface area contributed by atoms with Crippen molar-refractivity contribution < 1.29 is 19.5 Å². The van der Waals surface area contributed by atoms with E-state index in [1.807, 2.05) is 6.08 Å². The Balaban J connectivity index is 2.55. The monoisotopic (exact) mass is 256 g/mol. The molecule has 1 heterocycles. The van der Waals surface area contributed by atoms with Crippen molar-refractivity contribution in [2.75, 3.05) is 33.5 Å². The molecule has 6 heteroatoms. The van der Waals surface area contributed by atoms with Crippen molar-refractivity contribution in [1.29, 1.82) is 0 Å². The number of nitrogens with one attached hydrogen (secondary N) is 1. The number of nitrogens with zero attached hydrogens (tertiary/aromatic N) is 1. The molecule has 0 saturated heterocycles. The second kappa shape index (κ2) is 7.86. The van der Waals surface area contributed by atoms with Crippen LogP contribution in [0.15, 0.2) is 24.3 Å². The minimum atomic E-state index is -0.358. The van der Waals surface area contributed by atoms with Gasteiger partial charge in [0.1, 0.15) is 0 Å². The fourth-order valence-corrected chi connectivity index (χ4v) is 1.81. The Morgan fingerprint density at radius 3 is 3.17 bits per heavy atom. The maximum absolute atomic E-state index is 11.8. The molecule has 0 aliphatic carbocycles. The molecule has 1 aliphatic heterocycles. The van der Waals surface area contributed by atoms with Crippen LogP contribution in [0.2, 0.25) is 0 Å². The number of hydrogen-bond acceptors (Lipinski definition) is 4. The molecule has 0 aromatic carbocycles. The van der Waals surface area contributed by atoms with Crippen LogP contribution >= 0.6 is 0 Å². The molecule has 0 bridgehead atoms. The number of carbonyl (C=O) groups is 1. The summed E-state index contributed by atoms with van der Waals surface area (Å²) in [5, 5.41) is 9.30. The van der Waals surface area contributed by atoms with E-state index >= 15 is 0 Å². The minimum absolute atomic E-state index is 0.123. The van der Waals surface area contributed by atoms with Crippen LogP contribution in [0.25, 0.3) is 0 Å². The van der Waals surface area contributed by atoms with E-state index in [9.17, 15) is 9.90 Å². The molecule has 102 valence electrons. The maximum atomic E-state index is 11.8. The van der Waals surface area contributed by atoms with E-state index in [1.165, 1.54) is 11.0 Å². The molecule has 6 nitrogen and oxygen atoms in total. The van der Waals surface area contributed by atoms with Gasteiger partial charge in [-0.05, 0) is 12.0 Å². The first-order valence-electron chi connectivity index (χ1n) is 5.81. The number of ether oxygens (including phenoxy) is 1. The van der Waals surface area contributed by atoms with E-state index in [-0.39, 0.29) is 25.3 Å². The molecule has 0 radical (unpaired) electrons. The van der Waals surface area contributed by atoms with Crippen LogP contribution in [0.1, 0.15) is 6.42 Å². The molecule has 0 saturated carbocycles. The van der Waals surface area contributed by atoms with Crippen LogP contribution in [0.4, 0.5) is 4.79 Å². The molecule has 0 fully saturated rings. The lowest BCUT2D eigenvalue weighted by Gasteiger charge is -2.33. The Labute approximate surface area is 107 Å². The van der Waals surface area contributed by atoms with E-state index in [2.05, 4.69) is 12.1 Å². The number of methoxy groups -OCH3 is 1. The highest BCUT2D eigenvalue weighted by Crippen LogP contribution is 2.16. The first-order valence-corrected chi connectivity index (χ1v) is 5.81. The lowest BCUT2D eigenvalue weighted by atomic mass is 10.0. The van der Waals surface area contributed by atoms with Crippen molar-refractivity contribution in [3.63, 3.8) is 0 Å². The predicted octanol–water partition coefficient (Wildman–Crippen LogP) is 0.453. The van der Waals surface area contributed by atoms with Crippen LogP contribution in [0.3, 0.4) is 0 Å². The number of urea groups is 1. The number of aliphatic hydroxyl groups excluding tert-OH is 1. The number of amides is 2. The molecular formula is C12H20N2O4. The Kier molecular flexibility index (Phi) is 6.42. The quantitative estimate of drug-likeness (QED) is 0.411. The van der Waals surface area contributed by atoms with Gasteiger partial charge in [-0.15, -0.1) is 6.58 Å². The van der Waals surface area contributed by atoms with Gasteiger partial charge in [0.15, 0.2) is 0 Å². The molecular weight excluding hydrogens is 236 g/mol. The fourth-order valence-electron chi connectivity index (χ4n) is 1.81. The van der Waals surface area contributed by atoms with Crippen LogP contribution < -0.4 is 5.48 Å². The molecule has 2 amide bonds. The first kappa shape index (κ1) is 14.7. The molecule has 0 aromatic rings. The molecule has 1 aliphatic rings. The van der Waals surface area contributed by atoms with Crippen molar-refractivity contribution in [2.24, 2.45) is 0 Å². The summed E-state index contributed by atoms with van der Waals surface area (Å²) in [6, 6.07) is -0.695. The summed E-state index contributed by atoms with van der Waals surface area (Å²) in [5.41, 5.74) is 3.40. The largest absolute Gasteiger partial charge is 0.394 e. The smallest absolute Gasteiger partial charge is 0.341 e. The van der Waals surface area contributed by atoms with Gasteiger partial charge in [0.25, 0.3) is 0 Å². The van der Waals surface area contributed by atoms with Crippen LogP contribution in [0, 0.1) is 0 Å². The summed E-state index contributed by atoms with van der Waals surface area (Å²) in [6.07, 6.45) is 4.13. The second-order valence-corrected chi connectivity index (χ2v) is 3.96. The van der Waals surface area contributed by atoms with E-state index in [0.29, 0.717) is 13.2 Å². The van der Waals surface area contributed by atoms with Crippen molar-refractivity contribution in [3.05, 3.63) is 24.3 Å². The van der Waals surface area contributed by atoms with Gasteiger partial charge in [-0.1, -0.05) is 12.2 Å². The third-order valence-corrected chi connectivity index (χ3v) is 2.64. The van der Waals surface area contributed by atoms with Crippen molar-refractivity contribution in [1.82, 2.24) is 10.4 Å². The van der Waals surface area contributed by atoms with Crippen LogP contribution in [-0.4, -0.2) is 55.6 Å². The third kappa shape index (κ3) is 4.14. The second-order valence-electron chi connectivity index (χ2n) is 3.96. The van der Waals surface area contributed by atoms with Gasteiger partial charge in [0.2, 0.25) is 0 Å². The zero-order valence-corrected chi connectivity index (χ0v) is 10.6. The number of hydroxylamine groups is 1. The number of rotatable bonds is 6. The SMILES string of the molecule is C=CCONC(=O)N1CCC(COC)=C[C@H]1CO. The Morgan fingerprint density at radius 2 is 2.56 bits per heavy atom. The highest BCUT2D eigenvalue weighted by Gasteiger charge is 2.25. The van der Waals surface area contributed by atoms with Crippen molar-refractivity contribution in [3.8, 4) is 0 Å². The third-order valence-electron chi connectivity index (χ3n) is 2.64. The van der Waals surface area contributed by atoms with Gasteiger partial charge in [-0.25, -0.2) is 10.3 Å². The summed E-state index contributed by atoms with van der Waals surface area (Å²) in [4.78, 5) is 18.2. The van der Waals surface area contributed by atoms with Gasteiger partial charge in [-0.2, -0.15) is 0 Å². The molecule has 0 aromatic heterocycles. The van der Waals surface area contributed by atoms with Crippen LogP contribution in [-0.2, 0) is 9.57 Å². The number of aliphatic hydroxyl groups is 1. The molecule has 2 N–H and O–H groups in total. The van der Waals surface area contributed by atoms with E-state index in [1.54, 1.807) is 7.11 Å². The molecule has 1 atom stereocenters. The normalized spacial score (nSPS) is 19.3. The first-order chi connectivity index (χ1) is 8.72. The van der Waals surface area contributed by atoms with Gasteiger partial charge in [-0.3, -0.25) is 4.84 Å². The average molecular weight is 256 g/mol. The zero-order chi connectivity index (χ0) is 13.4. The zero-order valence-electron chi connectivity index (χ0n) is 10.6. The van der Waals surface area contributed by atoms with E-state index in [0.717, 1.165) is 12.0 Å².